The highest BCUT2D eigenvalue weighted by Gasteiger charge is 2.15. The van der Waals surface area contributed by atoms with Crippen LogP contribution < -0.4 is 0 Å². The Kier molecular flexibility index (Phi) is 3.69. The zero-order valence-electron chi connectivity index (χ0n) is 13.6. The monoisotopic (exact) mass is 376 g/mol. The van der Waals surface area contributed by atoms with Crippen LogP contribution in [0.1, 0.15) is 5.56 Å². The summed E-state index contributed by atoms with van der Waals surface area (Å²) < 4.78 is 3.16. The number of fused-ring (bicyclic) bond motifs is 2. The molecule has 126 valence electrons. The molecule has 6 heteroatoms. The van der Waals surface area contributed by atoms with E-state index in [0.29, 0.717) is 5.15 Å². The summed E-state index contributed by atoms with van der Waals surface area (Å²) in [7, 11) is 0. The highest BCUT2D eigenvalue weighted by atomic mass is 35.5. The van der Waals surface area contributed by atoms with E-state index >= 15 is 0 Å². The minimum Gasteiger partial charge on any atom is -0.342 e. The first-order valence-corrected chi connectivity index (χ1v) is 9.39. The Balaban J connectivity index is 1.69. The van der Waals surface area contributed by atoms with Crippen LogP contribution in [0.2, 0.25) is 5.15 Å². The van der Waals surface area contributed by atoms with Crippen LogP contribution in [0.4, 0.5) is 0 Å². The third kappa shape index (κ3) is 2.57. The number of nitrogens with zero attached hydrogens (tertiary/aromatic N) is 4. The van der Waals surface area contributed by atoms with Crippen molar-refractivity contribution < 1.29 is 0 Å². The second-order valence-corrected chi connectivity index (χ2v) is 7.49. The van der Waals surface area contributed by atoms with E-state index in [0.717, 1.165) is 21.6 Å². The molecule has 0 aliphatic carbocycles. The van der Waals surface area contributed by atoms with Crippen molar-refractivity contribution in [3.8, 4) is 10.4 Å². The first-order valence-electron chi connectivity index (χ1n) is 8.20. The SMILES string of the molecule is Clc1nnnc2cc(-c3cn(Cc4ccccc4)c4ccccc34)sc12. The van der Waals surface area contributed by atoms with Gasteiger partial charge in [-0.1, -0.05) is 60.1 Å². The van der Waals surface area contributed by atoms with Crippen molar-refractivity contribution in [1.82, 2.24) is 20.0 Å². The Labute approximate surface area is 158 Å². The van der Waals surface area contributed by atoms with Gasteiger partial charge in [-0.3, -0.25) is 0 Å². The average molecular weight is 377 g/mol. The van der Waals surface area contributed by atoms with E-state index in [1.165, 1.54) is 22.0 Å². The average Bonchev–Trinajstić information content (AvgIpc) is 3.26. The molecule has 4 nitrogen and oxygen atoms in total. The molecule has 2 aromatic carbocycles. The standard InChI is InChI=1S/C20H13ClN4S/c21-20-19-16(22-24-23-20)10-18(26-19)15-12-25(11-13-6-2-1-3-7-13)17-9-5-4-8-14(15)17/h1-10,12H,11H2. The van der Waals surface area contributed by atoms with E-state index in [1.54, 1.807) is 11.3 Å². The number of thiophene rings is 1. The topological polar surface area (TPSA) is 43.6 Å². The first kappa shape index (κ1) is 15.5. The number of benzene rings is 2. The lowest BCUT2D eigenvalue weighted by atomic mass is 10.1. The Morgan fingerprint density at radius 1 is 0.962 bits per heavy atom. The van der Waals surface area contributed by atoms with Gasteiger partial charge in [-0.15, -0.1) is 21.5 Å². The highest BCUT2D eigenvalue weighted by molar-refractivity contribution is 7.22. The molecule has 3 heterocycles. The van der Waals surface area contributed by atoms with E-state index in [1.807, 2.05) is 12.1 Å². The van der Waals surface area contributed by atoms with Crippen molar-refractivity contribution in [2.24, 2.45) is 0 Å². The molecule has 0 N–H and O–H groups in total. The fourth-order valence-corrected chi connectivity index (χ4v) is 4.48. The molecular formula is C20H13ClN4S. The summed E-state index contributed by atoms with van der Waals surface area (Å²) in [6.07, 6.45) is 2.21. The molecule has 5 aromatic rings. The van der Waals surface area contributed by atoms with Gasteiger partial charge in [0.15, 0.2) is 5.15 Å². The molecule has 0 aliphatic heterocycles. The fraction of sp³-hybridized carbons (Fsp3) is 0.0500. The van der Waals surface area contributed by atoms with Gasteiger partial charge in [0.05, 0.1) is 4.70 Å². The van der Waals surface area contributed by atoms with Crippen LogP contribution in [0.25, 0.3) is 31.6 Å². The molecule has 0 spiro atoms. The van der Waals surface area contributed by atoms with Gasteiger partial charge in [0.25, 0.3) is 0 Å². The third-order valence-corrected chi connectivity index (χ3v) is 5.98. The highest BCUT2D eigenvalue weighted by Crippen LogP contribution is 2.39. The van der Waals surface area contributed by atoms with Crippen LogP contribution in [-0.4, -0.2) is 20.0 Å². The van der Waals surface area contributed by atoms with Gasteiger partial charge in [-0.2, -0.15) is 0 Å². The summed E-state index contributed by atoms with van der Waals surface area (Å²) in [6, 6.07) is 21.0. The summed E-state index contributed by atoms with van der Waals surface area (Å²) >= 11 is 7.78. The van der Waals surface area contributed by atoms with Gasteiger partial charge in [-0.25, -0.2) is 0 Å². The van der Waals surface area contributed by atoms with E-state index in [2.05, 4.69) is 74.7 Å². The Morgan fingerprint density at radius 2 is 1.77 bits per heavy atom. The smallest absolute Gasteiger partial charge is 0.172 e. The van der Waals surface area contributed by atoms with E-state index in [9.17, 15) is 0 Å². The maximum Gasteiger partial charge on any atom is 0.172 e. The quantitative estimate of drug-likeness (QED) is 0.423. The molecular weight excluding hydrogens is 364 g/mol. The molecule has 0 atom stereocenters. The summed E-state index contributed by atoms with van der Waals surface area (Å²) in [5, 5.41) is 13.3. The molecule has 0 fully saturated rings. The lowest BCUT2D eigenvalue weighted by molar-refractivity contribution is 0.838. The van der Waals surface area contributed by atoms with Crippen molar-refractivity contribution in [3.05, 3.63) is 77.6 Å². The van der Waals surface area contributed by atoms with Gasteiger partial charge in [0, 0.05) is 34.1 Å². The van der Waals surface area contributed by atoms with E-state index in [4.69, 9.17) is 11.6 Å². The van der Waals surface area contributed by atoms with Gasteiger partial charge in [-0.05, 0) is 22.9 Å². The Hall–Kier alpha value is -2.76. The van der Waals surface area contributed by atoms with Gasteiger partial charge in [0.2, 0.25) is 0 Å². The predicted octanol–water partition coefficient (Wildman–Crippen LogP) is 5.41. The number of rotatable bonds is 3. The summed E-state index contributed by atoms with van der Waals surface area (Å²) in [6.45, 7) is 0.828. The van der Waals surface area contributed by atoms with Gasteiger partial charge in [0.1, 0.15) is 5.52 Å². The van der Waals surface area contributed by atoms with Crippen LogP contribution in [0, 0.1) is 0 Å². The first-order chi connectivity index (χ1) is 12.8. The number of aromatic nitrogens is 4. The Bertz CT molecular complexity index is 1230. The largest absolute Gasteiger partial charge is 0.342 e. The fourth-order valence-electron chi connectivity index (χ4n) is 3.25. The third-order valence-electron chi connectivity index (χ3n) is 4.43. The predicted molar refractivity (Wildman–Crippen MR) is 107 cm³/mol. The molecule has 0 saturated heterocycles. The number of hydrogen-bond donors (Lipinski definition) is 0. The molecule has 5 rings (SSSR count). The maximum absolute atomic E-state index is 6.18. The normalized spacial score (nSPS) is 11.4. The summed E-state index contributed by atoms with van der Waals surface area (Å²) in [5.41, 5.74) is 4.44. The van der Waals surface area contributed by atoms with Crippen molar-refractivity contribution in [1.29, 1.82) is 0 Å². The minimum atomic E-state index is 0.402. The second-order valence-electron chi connectivity index (χ2n) is 6.08. The second kappa shape index (κ2) is 6.20. The molecule has 0 radical (unpaired) electrons. The maximum atomic E-state index is 6.18. The van der Waals surface area contributed by atoms with Gasteiger partial charge < -0.3 is 4.57 Å². The van der Waals surface area contributed by atoms with Crippen LogP contribution in [-0.2, 0) is 6.54 Å². The van der Waals surface area contributed by atoms with E-state index < -0.39 is 0 Å². The zero-order valence-corrected chi connectivity index (χ0v) is 15.2. The molecule has 0 aliphatic rings. The van der Waals surface area contributed by atoms with Crippen LogP contribution in [0.15, 0.2) is 66.9 Å². The summed E-state index contributed by atoms with van der Waals surface area (Å²) in [4.78, 5) is 1.12. The number of para-hydroxylation sites is 1. The Morgan fingerprint density at radius 3 is 2.62 bits per heavy atom. The minimum absolute atomic E-state index is 0.402. The van der Waals surface area contributed by atoms with Crippen molar-refractivity contribution in [2.75, 3.05) is 0 Å². The van der Waals surface area contributed by atoms with Crippen LogP contribution in [0.5, 0.6) is 0 Å². The van der Waals surface area contributed by atoms with Gasteiger partial charge >= 0.3 is 0 Å². The number of hydrogen-bond acceptors (Lipinski definition) is 4. The molecule has 0 unspecified atom stereocenters. The molecule has 26 heavy (non-hydrogen) atoms. The van der Waals surface area contributed by atoms with Crippen molar-refractivity contribution in [2.45, 2.75) is 6.54 Å². The van der Waals surface area contributed by atoms with E-state index in [-0.39, 0.29) is 0 Å². The molecule has 3 aromatic heterocycles. The lowest BCUT2D eigenvalue weighted by Gasteiger charge is -2.05. The molecule has 0 bridgehead atoms. The lowest BCUT2D eigenvalue weighted by Crippen LogP contribution is -1.97. The molecule has 0 saturated carbocycles. The van der Waals surface area contributed by atoms with Crippen molar-refractivity contribution in [3.63, 3.8) is 0 Å². The molecule has 0 amide bonds. The van der Waals surface area contributed by atoms with Crippen LogP contribution in [0.3, 0.4) is 0 Å². The number of halogens is 1. The van der Waals surface area contributed by atoms with Crippen molar-refractivity contribution >= 4 is 44.1 Å². The van der Waals surface area contributed by atoms with Crippen LogP contribution >= 0.6 is 22.9 Å². The summed E-state index contributed by atoms with van der Waals surface area (Å²) in [5.74, 6) is 0. The zero-order chi connectivity index (χ0) is 17.5.